The van der Waals surface area contributed by atoms with Gasteiger partial charge in [0, 0.05) is 5.92 Å². The number of rotatable bonds is 4. The monoisotopic (exact) mass is 273 g/mol. The van der Waals surface area contributed by atoms with Gasteiger partial charge in [0.2, 0.25) is 5.91 Å². The second kappa shape index (κ2) is 4.93. The first-order valence-electron chi connectivity index (χ1n) is 7.24. The number of carbonyl (C=O) groups excluding carboxylic acids is 1. The number of fused-ring (bicyclic) bond motifs is 3. The van der Waals surface area contributed by atoms with Crippen molar-refractivity contribution in [3.05, 3.63) is 35.4 Å². The lowest BCUT2D eigenvalue weighted by Crippen LogP contribution is -2.41. The van der Waals surface area contributed by atoms with Crippen LogP contribution in [0.3, 0.4) is 0 Å². The summed E-state index contributed by atoms with van der Waals surface area (Å²) in [5, 5.41) is 11.7. The summed E-state index contributed by atoms with van der Waals surface area (Å²) in [7, 11) is 0. The van der Waals surface area contributed by atoms with Crippen LogP contribution in [0.15, 0.2) is 24.3 Å². The van der Waals surface area contributed by atoms with Crippen LogP contribution < -0.4 is 5.32 Å². The Morgan fingerprint density at radius 2 is 2.15 bits per heavy atom. The zero-order chi connectivity index (χ0) is 14.3. The van der Waals surface area contributed by atoms with E-state index in [0.717, 1.165) is 12.8 Å². The van der Waals surface area contributed by atoms with Crippen molar-refractivity contribution >= 4 is 11.9 Å². The number of carboxylic acids is 1. The van der Waals surface area contributed by atoms with Crippen molar-refractivity contribution in [2.45, 2.75) is 38.1 Å². The van der Waals surface area contributed by atoms with Crippen molar-refractivity contribution in [3.63, 3.8) is 0 Å². The summed E-state index contributed by atoms with van der Waals surface area (Å²) in [6.07, 6.45) is 2.47. The van der Waals surface area contributed by atoms with E-state index < -0.39 is 12.0 Å². The van der Waals surface area contributed by atoms with Crippen LogP contribution in [0.2, 0.25) is 0 Å². The largest absolute Gasteiger partial charge is 0.480 e. The Morgan fingerprint density at radius 1 is 1.40 bits per heavy atom. The maximum absolute atomic E-state index is 12.3. The van der Waals surface area contributed by atoms with Crippen LogP contribution in [0, 0.1) is 11.8 Å². The fourth-order valence-corrected chi connectivity index (χ4v) is 3.53. The van der Waals surface area contributed by atoms with Crippen molar-refractivity contribution in [2.75, 3.05) is 0 Å². The number of hydrogen-bond donors (Lipinski definition) is 2. The minimum atomic E-state index is -0.954. The first-order valence-corrected chi connectivity index (χ1v) is 7.24. The van der Waals surface area contributed by atoms with E-state index in [-0.39, 0.29) is 11.8 Å². The highest BCUT2D eigenvalue weighted by atomic mass is 16.4. The predicted molar refractivity (Wildman–Crippen MR) is 74.3 cm³/mol. The molecule has 1 aromatic carbocycles. The first-order chi connectivity index (χ1) is 9.63. The molecule has 3 rings (SSSR count). The molecule has 106 valence electrons. The van der Waals surface area contributed by atoms with Gasteiger partial charge in [-0.05, 0) is 42.2 Å². The van der Waals surface area contributed by atoms with E-state index in [1.54, 1.807) is 6.92 Å². The van der Waals surface area contributed by atoms with Gasteiger partial charge < -0.3 is 10.4 Å². The Labute approximate surface area is 118 Å². The summed E-state index contributed by atoms with van der Waals surface area (Å²) >= 11 is 0. The van der Waals surface area contributed by atoms with Gasteiger partial charge in [0.05, 0.1) is 0 Å². The van der Waals surface area contributed by atoms with Gasteiger partial charge in [-0.2, -0.15) is 0 Å². The molecule has 1 amide bonds. The minimum Gasteiger partial charge on any atom is -0.480 e. The Hall–Kier alpha value is -1.84. The topological polar surface area (TPSA) is 66.4 Å². The predicted octanol–water partition coefficient (Wildman–Crippen LogP) is 1.94. The number of benzene rings is 1. The summed E-state index contributed by atoms with van der Waals surface area (Å²) < 4.78 is 0. The van der Waals surface area contributed by atoms with Gasteiger partial charge in [-0.15, -0.1) is 0 Å². The Morgan fingerprint density at radius 3 is 2.85 bits per heavy atom. The molecule has 2 N–H and O–H groups in total. The van der Waals surface area contributed by atoms with Crippen LogP contribution in [0.4, 0.5) is 0 Å². The summed E-state index contributed by atoms with van der Waals surface area (Å²) in [4.78, 5) is 23.3. The molecule has 4 atom stereocenters. The molecule has 4 nitrogen and oxygen atoms in total. The third-order valence-electron chi connectivity index (χ3n) is 4.66. The lowest BCUT2D eigenvalue weighted by atomic mass is 9.92. The van der Waals surface area contributed by atoms with Gasteiger partial charge in [0.25, 0.3) is 0 Å². The van der Waals surface area contributed by atoms with Gasteiger partial charge in [-0.1, -0.05) is 31.2 Å². The molecule has 0 radical (unpaired) electrons. The highest BCUT2D eigenvalue weighted by Gasteiger charge is 2.57. The molecule has 0 bridgehead atoms. The normalized spacial score (nSPS) is 27.9. The Bertz CT molecular complexity index is 554. The van der Waals surface area contributed by atoms with E-state index in [0.29, 0.717) is 18.3 Å². The van der Waals surface area contributed by atoms with Gasteiger partial charge in [-0.25, -0.2) is 4.79 Å². The van der Waals surface area contributed by atoms with Crippen LogP contribution >= 0.6 is 0 Å². The number of amides is 1. The van der Waals surface area contributed by atoms with Crippen LogP contribution in [-0.2, 0) is 16.0 Å². The lowest BCUT2D eigenvalue weighted by molar-refractivity contribution is -0.142. The number of carbonyl (C=O) groups is 2. The zero-order valence-electron chi connectivity index (χ0n) is 11.5. The van der Waals surface area contributed by atoms with E-state index in [1.165, 1.54) is 11.1 Å². The molecule has 1 fully saturated rings. The third-order valence-corrected chi connectivity index (χ3v) is 4.66. The SMILES string of the molecule is CC[C@H](NC(=O)C1C2CCc3ccccc3C21)C(=O)O. The minimum absolute atomic E-state index is 0.0351. The number of carboxylic acid groups (broad SMARTS) is 1. The fourth-order valence-electron chi connectivity index (χ4n) is 3.53. The molecule has 2 aliphatic carbocycles. The second-order valence-electron chi connectivity index (χ2n) is 5.76. The summed E-state index contributed by atoms with van der Waals surface area (Å²) in [6.45, 7) is 1.77. The Balaban J connectivity index is 1.72. The molecule has 3 unspecified atom stereocenters. The molecule has 1 aromatic rings. The van der Waals surface area contributed by atoms with Crippen molar-refractivity contribution in [1.82, 2.24) is 5.32 Å². The van der Waals surface area contributed by atoms with E-state index in [1.807, 2.05) is 12.1 Å². The highest BCUT2D eigenvalue weighted by Crippen LogP contribution is 2.59. The van der Waals surface area contributed by atoms with Crippen LogP contribution in [0.25, 0.3) is 0 Å². The van der Waals surface area contributed by atoms with Crippen molar-refractivity contribution in [3.8, 4) is 0 Å². The average molecular weight is 273 g/mol. The molecule has 1 saturated carbocycles. The van der Waals surface area contributed by atoms with E-state index in [4.69, 9.17) is 5.11 Å². The summed E-state index contributed by atoms with van der Waals surface area (Å²) in [5.41, 5.74) is 2.63. The van der Waals surface area contributed by atoms with Gasteiger partial charge in [0.15, 0.2) is 0 Å². The van der Waals surface area contributed by atoms with Crippen LogP contribution in [-0.4, -0.2) is 23.0 Å². The first kappa shape index (κ1) is 13.2. The smallest absolute Gasteiger partial charge is 0.326 e. The molecule has 0 aliphatic heterocycles. The molecule has 4 heteroatoms. The molecule has 0 saturated heterocycles. The quantitative estimate of drug-likeness (QED) is 0.881. The molecule has 0 spiro atoms. The third kappa shape index (κ3) is 2.09. The molecular weight excluding hydrogens is 254 g/mol. The zero-order valence-corrected chi connectivity index (χ0v) is 11.5. The molecule has 2 aliphatic rings. The van der Waals surface area contributed by atoms with Crippen LogP contribution in [0.5, 0.6) is 0 Å². The average Bonchev–Trinajstić information content (AvgIpc) is 3.19. The Kier molecular flexibility index (Phi) is 3.24. The fraction of sp³-hybridized carbons (Fsp3) is 0.500. The number of hydrogen-bond acceptors (Lipinski definition) is 2. The van der Waals surface area contributed by atoms with Crippen LogP contribution in [0.1, 0.15) is 36.8 Å². The van der Waals surface area contributed by atoms with Gasteiger partial charge in [-0.3, -0.25) is 4.79 Å². The van der Waals surface area contributed by atoms with Crippen molar-refractivity contribution < 1.29 is 14.7 Å². The van der Waals surface area contributed by atoms with E-state index >= 15 is 0 Å². The van der Waals surface area contributed by atoms with Gasteiger partial charge in [0.1, 0.15) is 6.04 Å². The standard InChI is InChI=1S/C16H19NO3/c1-2-12(16(19)20)17-15(18)14-11-8-7-9-5-3-4-6-10(9)13(11)14/h3-6,11-14H,2,7-8H2,1H3,(H,17,18)(H,19,20)/t11?,12-,13?,14?/m0/s1. The number of nitrogens with one attached hydrogen (secondary N) is 1. The van der Waals surface area contributed by atoms with Crippen molar-refractivity contribution in [1.29, 1.82) is 0 Å². The maximum atomic E-state index is 12.3. The van der Waals surface area contributed by atoms with E-state index in [9.17, 15) is 9.59 Å². The molecule has 0 heterocycles. The second-order valence-corrected chi connectivity index (χ2v) is 5.76. The number of aryl methyl sites for hydroxylation is 1. The number of aliphatic carboxylic acids is 1. The maximum Gasteiger partial charge on any atom is 0.326 e. The molecular formula is C16H19NO3. The van der Waals surface area contributed by atoms with Gasteiger partial charge >= 0.3 is 5.97 Å². The summed E-state index contributed by atoms with van der Waals surface area (Å²) in [5.74, 6) is -0.384. The molecule has 20 heavy (non-hydrogen) atoms. The summed E-state index contributed by atoms with van der Waals surface area (Å²) in [6, 6.07) is 7.52. The van der Waals surface area contributed by atoms with Crippen molar-refractivity contribution in [2.24, 2.45) is 11.8 Å². The molecule has 0 aromatic heterocycles. The lowest BCUT2D eigenvalue weighted by Gasteiger charge is -2.13. The van der Waals surface area contributed by atoms with E-state index in [2.05, 4.69) is 17.4 Å². The highest BCUT2D eigenvalue weighted by molar-refractivity contribution is 5.88.